The summed E-state index contributed by atoms with van der Waals surface area (Å²) in [6, 6.07) is 3.91. The van der Waals surface area contributed by atoms with E-state index < -0.39 is 0 Å². The molecule has 2 aromatic heterocycles. The maximum absolute atomic E-state index is 4.42. The Morgan fingerprint density at radius 3 is 3.12 bits per heavy atom. The first-order valence-corrected chi connectivity index (χ1v) is 6.37. The van der Waals surface area contributed by atoms with Crippen LogP contribution in [0.5, 0.6) is 0 Å². The minimum atomic E-state index is 0.715. The highest BCUT2D eigenvalue weighted by Gasteiger charge is 2.20. The Hall–Kier alpha value is -1.10. The second kappa shape index (κ2) is 4.05. The van der Waals surface area contributed by atoms with Crippen LogP contribution in [0.3, 0.4) is 0 Å². The monoisotopic (exact) mass is 280 g/mol. The summed E-state index contributed by atoms with van der Waals surface area (Å²) in [5, 5.41) is 7.62. The lowest BCUT2D eigenvalue weighted by Crippen LogP contribution is -2.03. The highest BCUT2D eigenvalue weighted by Crippen LogP contribution is 2.32. The van der Waals surface area contributed by atoms with Crippen LogP contribution in [0.25, 0.3) is 5.65 Å². The predicted octanol–water partition coefficient (Wildman–Crippen LogP) is 2.70. The average molecular weight is 281 g/mol. The number of nitrogens with zero attached hydrogens (tertiary/aromatic N) is 3. The van der Waals surface area contributed by atoms with Gasteiger partial charge in [0.05, 0.1) is 4.47 Å². The molecule has 1 aliphatic carbocycles. The Balaban J connectivity index is 1.73. The summed E-state index contributed by atoms with van der Waals surface area (Å²) in [4.78, 5) is 4.42. The predicted molar refractivity (Wildman–Crippen MR) is 66.5 cm³/mol. The maximum Gasteiger partial charge on any atom is 0.243 e. The zero-order valence-electron chi connectivity index (χ0n) is 8.86. The van der Waals surface area contributed by atoms with Gasteiger partial charge in [-0.3, -0.25) is 0 Å². The molecular formula is C11H13BrN4. The highest BCUT2D eigenvalue weighted by molar-refractivity contribution is 9.10. The van der Waals surface area contributed by atoms with Gasteiger partial charge in [0.25, 0.3) is 0 Å². The minimum Gasteiger partial charge on any atom is -0.353 e. The summed E-state index contributed by atoms with van der Waals surface area (Å²) in [5.74, 6) is 1.66. The fraction of sp³-hybridized carbons (Fsp3) is 0.455. The number of hydrogen-bond acceptors (Lipinski definition) is 3. The summed E-state index contributed by atoms with van der Waals surface area (Å²) in [6.07, 6.45) is 5.92. The molecule has 0 aromatic carbocycles. The third-order valence-corrected chi connectivity index (χ3v) is 3.47. The standard InChI is InChI=1S/C11H13BrN4/c12-9-2-1-7-16-10(9)14-11(15-16)13-6-5-8-3-4-8/h1-2,7-8H,3-6H2,(H,13,15). The Morgan fingerprint density at radius 2 is 2.38 bits per heavy atom. The molecule has 0 bridgehead atoms. The third-order valence-electron chi connectivity index (χ3n) is 2.85. The molecular weight excluding hydrogens is 268 g/mol. The number of halogens is 1. The molecule has 1 N–H and O–H groups in total. The summed E-state index contributed by atoms with van der Waals surface area (Å²) in [5.41, 5.74) is 0.858. The molecule has 2 aromatic rings. The summed E-state index contributed by atoms with van der Waals surface area (Å²) >= 11 is 3.46. The van der Waals surface area contributed by atoms with Gasteiger partial charge >= 0.3 is 0 Å². The van der Waals surface area contributed by atoms with Crippen LogP contribution < -0.4 is 5.32 Å². The molecule has 0 aliphatic heterocycles. The molecule has 0 radical (unpaired) electrons. The molecule has 1 saturated carbocycles. The lowest BCUT2D eigenvalue weighted by Gasteiger charge is -1.98. The van der Waals surface area contributed by atoms with Gasteiger partial charge in [0.15, 0.2) is 5.65 Å². The minimum absolute atomic E-state index is 0.715. The van der Waals surface area contributed by atoms with Gasteiger partial charge in [-0.2, -0.15) is 4.98 Å². The van der Waals surface area contributed by atoms with Gasteiger partial charge < -0.3 is 5.32 Å². The van der Waals surface area contributed by atoms with E-state index in [1.54, 1.807) is 4.52 Å². The first-order chi connectivity index (χ1) is 7.83. The van der Waals surface area contributed by atoms with E-state index in [0.29, 0.717) is 5.95 Å². The van der Waals surface area contributed by atoms with Crippen molar-refractivity contribution in [3.05, 3.63) is 22.8 Å². The van der Waals surface area contributed by atoms with Crippen LogP contribution >= 0.6 is 15.9 Å². The fourth-order valence-electron chi connectivity index (χ4n) is 1.74. The van der Waals surface area contributed by atoms with Crippen LogP contribution in [-0.2, 0) is 0 Å². The molecule has 0 atom stereocenters. The molecule has 0 amide bonds. The van der Waals surface area contributed by atoms with Crippen LogP contribution in [0, 0.1) is 5.92 Å². The van der Waals surface area contributed by atoms with Crippen molar-refractivity contribution in [2.45, 2.75) is 19.3 Å². The second-order valence-electron chi connectivity index (χ2n) is 4.22. The van der Waals surface area contributed by atoms with Crippen LogP contribution in [0.1, 0.15) is 19.3 Å². The van der Waals surface area contributed by atoms with Crippen LogP contribution in [0.4, 0.5) is 5.95 Å². The topological polar surface area (TPSA) is 42.2 Å². The van der Waals surface area contributed by atoms with Crippen LogP contribution in [-0.4, -0.2) is 21.1 Å². The molecule has 2 heterocycles. The van der Waals surface area contributed by atoms with Gasteiger partial charge in [-0.1, -0.05) is 12.8 Å². The molecule has 3 rings (SSSR count). The number of nitrogens with one attached hydrogen (secondary N) is 1. The molecule has 0 saturated heterocycles. The maximum atomic E-state index is 4.42. The average Bonchev–Trinajstić information content (AvgIpc) is 2.98. The lowest BCUT2D eigenvalue weighted by molar-refractivity contribution is 0.755. The molecule has 16 heavy (non-hydrogen) atoms. The van der Waals surface area contributed by atoms with Crippen molar-refractivity contribution in [3.8, 4) is 0 Å². The van der Waals surface area contributed by atoms with Crippen molar-refractivity contribution in [2.24, 2.45) is 5.92 Å². The highest BCUT2D eigenvalue weighted by atomic mass is 79.9. The Morgan fingerprint density at radius 1 is 1.50 bits per heavy atom. The van der Waals surface area contributed by atoms with Crippen molar-refractivity contribution in [3.63, 3.8) is 0 Å². The van der Waals surface area contributed by atoms with Crippen molar-refractivity contribution in [1.29, 1.82) is 0 Å². The number of hydrogen-bond donors (Lipinski definition) is 1. The quantitative estimate of drug-likeness (QED) is 0.937. The zero-order chi connectivity index (χ0) is 11.0. The van der Waals surface area contributed by atoms with Crippen molar-refractivity contribution < 1.29 is 0 Å². The lowest BCUT2D eigenvalue weighted by atomic mass is 10.3. The molecule has 1 aliphatic rings. The van der Waals surface area contributed by atoms with E-state index in [4.69, 9.17) is 0 Å². The first kappa shape index (κ1) is 10.1. The van der Waals surface area contributed by atoms with Crippen molar-refractivity contribution in [2.75, 3.05) is 11.9 Å². The van der Waals surface area contributed by atoms with Gasteiger partial charge in [-0.05, 0) is 40.4 Å². The van der Waals surface area contributed by atoms with E-state index in [-0.39, 0.29) is 0 Å². The second-order valence-corrected chi connectivity index (χ2v) is 5.07. The van der Waals surface area contributed by atoms with E-state index in [1.165, 1.54) is 19.3 Å². The smallest absolute Gasteiger partial charge is 0.243 e. The zero-order valence-corrected chi connectivity index (χ0v) is 10.4. The van der Waals surface area contributed by atoms with E-state index in [0.717, 1.165) is 22.6 Å². The van der Waals surface area contributed by atoms with Gasteiger partial charge in [-0.15, -0.1) is 5.10 Å². The number of fused-ring (bicyclic) bond motifs is 1. The van der Waals surface area contributed by atoms with E-state index in [9.17, 15) is 0 Å². The molecule has 5 heteroatoms. The van der Waals surface area contributed by atoms with Crippen molar-refractivity contribution >= 4 is 27.5 Å². The first-order valence-electron chi connectivity index (χ1n) is 5.58. The van der Waals surface area contributed by atoms with E-state index in [2.05, 4.69) is 31.3 Å². The number of rotatable bonds is 4. The van der Waals surface area contributed by atoms with E-state index in [1.807, 2.05) is 18.3 Å². The van der Waals surface area contributed by atoms with Crippen molar-refractivity contribution in [1.82, 2.24) is 14.6 Å². The number of aromatic nitrogens is 3. The molecule has 0 spiro atoms. The molecule has 4 nitrogen and oxygen atoms in total. The summed E-state index contributed by atoms with van der Waals surface area (Å²) in [7, 11) is 0. The van der Waals surface area contributed by atoms with Gasteiger partial charge in [0.1, 0.15) is 0 Å². The van der Waals surface area contributed by atoms with Gasteiger partial charge in [-0.25, -0.2) is 4.52 Å². The van der Waals surface area contributed by atoms with E-state index >= 15 is 0 Å². The summed E-state index contributed by atoms with van der Waals surface area (Å²) < 4.78 is 2.75. The SMILES string of the molecule is Brc1cccn2nc(NCCC3CC3)nc12. The van der Waals surface area contributed by atoms with Crippen LogP contribution in [0.15, 0.2) is 22.8 Å². The largest absolute Gasteiger partial charge is 0.353 e. The summed E-state index contributed by atoms with van der Waals surface area (Å²) in [6.45, 7) is 0.971. The normalized spacial score (nSPS) is 15.6. The Kier molecular flexibility index (Phi) is 2.55. The fourth-order valence-corrected chi connectivity index (χ4v) is 2.17. The van der Waals surface area contributed by atoms with Crippen LogP contribution in [0.2, 0.25) is 0 Å². The Labute approximate surface area is 102 Å². The van der Waals surface area contributed by atoms with Gasteiger partial charge in [0.2, 0.25) is 5.95 Å². The number of pyridine rings is 1. The third kappa shape index (κ3) is 2.04. The molecule has 1 fully saturated rings. The molecule has 0 unspecified atom stereocenters. The van der Waals surface area contributed by atoms with Gasteiger partial charge in [0, 0.05) is 12.7 Å². The molecule has 84 valence electrons. The number of anilines is 1. The Bertz CT molecular complexity index is 504.